The van der Waals surface area contributed by atoms with E-state index in [4.69, 9.17) is 11.0 Å². The summed E-state index contributed by atoms with van der Waals surface area (Å²) in [5.41, 5.74) is 5.06. The summed E-state index contributed by atoms with van der Waals surface area (Å²) >= 11 is 0. The van der Waals surface area contributed by atoms with Crippen LogP contribution in [0.25, 0.3) is 0 Å². The highest BCUT2D eigenvalue weighted by Gasteiger charge is 2.12. The van der Waals surface area contributed by atoms with Crippen LogP contribution in [0, 0.1) is 11.3 Å². The second kappa shape index (κ2) is 5.69. The van der Waals surface area contributed by atoms with E-state index in [0.29, 0.717) is 6.61 Å². The number of ether oxygens (including phenoxy) is 1. The van der Waals surface area contributed by atoms with Crippen LogP contribution in [-0.2, 0) is 9.53 Å². The zero-order chi connectivity index (χ0) is 8.69. The average Bonchev–Trinajstić information content (AvgIpc) is 2.03. The molecule has 1 atom stereocenters. The second-order valence-corrected chi connectivity index (χ2v) is 2.13. The van der Waals surface area contributed by atoms with Gasteiger partial charge in [-0.1, -0.05) is 13.3 Å². The highest BCUT2D eigenvalue weighted by Crippen LogP contribution is 1.90. The summed E-state index contributed by atoms with van der Waals surface area (Å²) in [5.74, 6) is -0.638. The Labute approximate surface area is 65.9 Å². The van der Waals surface area contributed by atoms with Crippen molar-refractivity contribution in [1.29, 1.82) is 5.26 Å². The lowest BCUT2D eigenvalue weighted by Gasteiger charge is -2.03. The minimum absolute atomic E-state index is 0.352. The predicted molar refractivity (Wildman–Crippen MR) is 39.5 cm³/mol. The number of esters is 1. The van der Waals surface area contributed by atoms with Crippen LogP contribution in [-0.4, -0.2) is 18.6 Å². The van der Waals surface area contributed by atoms with Gasteiger partial charge in [-0.2, -0.15) is 5.26 Å². The number of nitrogens with two attached hydrogens (primary N) is 1. The molecule has 0 rings (SSSR count). The van der Waals surface area contributed by atoms with Gasteiger partial charge in [0.1, 0.15) is 0 Å². The molecule has 0 amide bonds. The summed E-state index contributed by atoms with van der Waals surface area (Å²) < 4.78 is 4.65. The van der Waals surface area contributed by atoms with Crippen molar-refractivity contribution in [3.8, 4) is 6.07 Å². The Hall–Kier alpha value is -1.08. The Morgan fingerprint density at radius 2 is 2.45 bits per heavy atom. The van der Waals surface area contributed by atoms with Crippen LogP contribution in [0.2, 0.25) is 0 Å². The molecule has 0 aliphatic heterocycles. The maximum absolute atomic E-state index is 10.7. The molecule has 0 aromatic heterocycles. The fourth-order valence-electron chi connectivity index (χ4n) is 0.460. The van der Waals surface area contributed by atoms with E-state index in [1.807, 2.05) is 6.92 Å². The van der Waals surface area contributed by atoms with Crippen molar-refractivity contribution in [1.82, 2.24) is 0 Å². The van der Waals surface area contributed by atoms with Crippen LogP contribution in [0.3, 0.4) is 0 Å². The van der Waals surface area contributed by atoms with E-state index in [2.05, 4.69) is 4.74 Å². The zero-order valence-corrected chi connectivity index (χ0v) is 6.54. The normalized spacial score (nSPS) is 11.7. The quantitative estimate of drug-likeness (QED) is 0.465. The van der Waals surface area contributed by atoms with Gasteiger partial charge in [0.05, 0.1) is 12.7 Å². The van der Waals surface area contributed by atoms with Crippen LogP contribution in [0.15, 0.2) is 0 Å². The van der Waals surface area contributed by atoms with Gasteiger partial charge < -0.3 is 10.5 Å². The maximum Gasteiger partial charge on any atom is 0.337 e. The molecule has 0 saturated heterocycles. The van der Waals surface area contributed by atoms with E-state index in [0.717, 1.165) is 12.8 Å². The lowest BCUT2D eigenvalue weighted by Crippen LogP contribution is -2.30. The standard InChI is InChI=1S/C7H12N2O2/c1-2-3-4-11-7(10)6(9)5-8/h6H,2-4,9H2,1H3. The maximum atomic E-state index is 10.7. The van der Waals surface area contributed by atoms with E-state index in [9.17, 15) is 4.79 Å². The third-order valence-electron chi connectivity index (χ3n) is 1.14. The van der Waals surface area contributed by atoms with Gasteiger partial charge in [0.2, 0.25) is 0 Å². The first-order valence-corrected chi connectivity index (χ1v) is 3.54. The highest BCUT2D eigenvalue weighted by molar-refractivity contribution is 5.78. The van der Waals surface area contributed by atoms with Crippen LogP contribution >= 0.6 is 0 Å². The summed E-state index contributed by atoms with van der Waals surface area (Å²) in [6.07, 6.45) is 1.76. The number of carbonyl (C=O) groups is 1. The third-order valence-corrected chi connectivity index (χ3v) is 1.14. The molecule has 0 aromatic rings. The number of nitriles is 1. The van der Waals surface area contributed by atoms with Gasteiger partial charge in [0.15, 0.2) is 6.04 Å². The van der Waals surface area contributed by atoms with Crippen molar-refractivity contribution < 1.29 is 9.53 Å². The summed E-state index contributed by atoms with van der Waals surface area (Å²) in [6.45, 7) is 2.34. The Balaban J connectivity index is 3.46. The molecule has 2 N–H and O–H groups in total. The molecular weight excluding hydrogens is 144 g/mol. The molecule has 0 radical (unpaired) electrons. The average molecular weight is 156 g/mol. The molecule has 0 spiro atoms. The number of unbranched alkanes of at least 4 members (excludes halogenated alkanes) is 1. The van der Waals surface area contributed by atoms with E-state index < -0.39 is 12.0 Å². The highest BCUT2D eigenvalue weighted by atomic mass is 16.5. The first kappa shape index (κ1) is 9.92. The second-order valence-electron chi connectivity index (χ2n) is 2.13. The van der Waals surface area contributed by atoms with Gasteiger partial charge in [-0.25, -0.2) is 4.79 Å². The summed E-state index contributed by atoms with van der Waals surface area (Å²) in [4.78, 5) is 10.7. The zero-order valence-electron chi connectivity index (χ0n) is 6.54. The molecule has 0 bridgehead atoms. The summed E-state index contributed by atoms with van der Waals surface area (Å²) in [7, 11) is 0. The molecule has 4 heteroatoms. The van der Waals surface area contributed by atoms with Gasteiger partial charge in [-0.15, -0.1) is 0 Å². The summed E-state index contributed by atoms with van der Waals surface area (Å²) in [6, 6.07) is 0.462. The van der Waals surface area contributed by atoms with Crippen molar-refractivity contribution >= 4 is 5.97 Å². The topological polar surface area (TPSA) is 76.1 Å². The lowest BCUT2D eigenvalue weighted by atomic mass is 10.3. The summed E-state index contributed by atoms with van der Waals surface area (Å²) in [5, 5.41) is 8.19. The van der Waals surface area contributed by atoms with Crippen LogP contribution in [0.5, 0.6) is 0 Å². The van der Waals surface area contributed by atoms with E-state index in [1.165, 1.54) is 0 Å². The SMILES string of the molecule is CCCCOC(=O)C(N)C#N. The number of hydrogen-bond donors (Lipinski definition) is 1. The molecule has 11 heavy (non-hydrogen) atoms. The monoisotopic (exact) mass is 156 g/mol. The molecule has 0 fully saturated rings. The first-order valence-electron chi connectivity index (χ1n) is 3.54. The minimum Gasteiger partial charge on any atom is -0.464 e. The van der Waals surface area contributed by atoms with Gasteiger partial charge in [0.25, 0.3) is 0 Å². The minimum atomic E-state index is -1.13. The molecule has 0 aliphatic rings. The molecule has 0 saturated carbocycles. The van der Waals surface area contributed by atoms with Gasteiger partial charge in [-0.05, 0) is 6.42 Å². The fraction of sp³-hybridized carbons (Fsp3) is 0.714. The Bertz CT molecular complexity index is 162. The predicted octanol–water partition coefficient (Wildman–Crippen LogP) is 0.181. The molecule has 0 aromatic carbocycles. The van der Waals surface area contributed by atoms with Crippen LogP contribution < -0.4 is 5.73 Å². The third kappa shape index (κ3) is 4.34. The van der Waals surface area contributed by atoms with Crippen LogP contribution in [0.4, 0.5) is 0 Å². The largest absolute Gasteiger partial charge is 0.464 e. The van der Waals surface area contributed by atoms with Gasteiger partial charge in [-0.3, -0.25) is 0 Å². The van der Waals surface area contributed by atoms with Crippen molar-refractivity contribution in [2.75, 3.05) is 6.61 Å². The van der Waals surface area contributed by atoms with E-state index in [1.54, 1.807) is 6.07 Å². The number of rotatable bonds is 4. The number of nitrogens with zero attached hydrogens (tertiary/aromatic N) is 1. The smallest absolute Gasteiger partial charge is 0.337 e. The Kier molecular flexibility index (Phi) is 5.13. The lowest BCUT2D eigenvalue weighted by molar-refractivity contribution is -0.143. The Morgan fingerprint density at radius 1 is 1.82 bits per heavy atom. The van der Waals surface area contributed by atoms with Gasteiger partial charge in [0, 0.05) is 0 Å². The van der Waals surface area contributed by atoms with Crippen molar-refractivity contribution in [3.63, 3.8) is 0 Å². The van der Waals surface area contributed by atoms with E-state index in [-0.39, 0.29) is 0 Å². The fourth-order valence-corrected chi connectivity index (χ4v) is 0.460. The molecule has 62 valence electrons. The van der Waals surface area contributed by atoms with E-state index >= 15 is 0 Å². The Morgan fingerprint density at radius 3 is 2.91 bits per heavy atom. The molecule has 0 heterocycles. The number of hydrogen-bond acceptors (Lipinski definition) is 4. The molecular formula is C7H12N2O2. The molecule has 0 aliphatic carbocycles. The van der Waals surface area contributed by atoms with Gasteiger partial charge >= 0.3 is 5.97 Å². The van der Waals surface area contributed by atoms with Crippen LogP contribution in [0.1, 0.15) is 19.8 Å². The molecule has 4 nitrogen and oxygen atoms in total. The first-order chi connectivity index (χ1) is 5.22. The van der Waals surface area contributed by atoms with Crippen molar-refractivity contribution in [2.24, 2.45) is 5.73 Å². The number of carbonyl (C=O) groups excluding carboxylic acids is 1. The van der Waals surface area contributed by atoms with Crippen molar-refractivity contribution in [2.45, 2.75) is 25.8 Å². The molecule has 1 unspecified atom stereocenters. The van der Waals surface area contributed by atoms with Crippen molar-refractivity contribution in [3.05, 3.63) is 0 Å².